The maximum Gasteiger partial charge on any atom is 0.441 e. The Hall–Kier alpha value is -2.78. The molecule has 0 aliphatic rings. The maximum absolute atomic E-state index is 13.8. The fourth-order valence-corrected chi connectivity index (χ4v) is 2.05. The van der Waals surface area contributed by atoms with Crippen molar-refractivity contribution in [3.63, 3.8) is 0 Å². The number of hydrogen-bond donors (Lipinski definition) is 2. The van der Waals surface area contributed by atoms with E-state index in [4.69, 9.17) is 4.74 Å². The topological polar surface area (TPSA) is 93.7 Å². The Bertz CT molecular complexity index is 676. The molecule has 1 atom stereocenters. The Morgan fingerprint density at radius 3 is 1.96 bits per heavy atom. The fourth-order valence-electron chi connectivity index (χ4n) is 2.05. The number of anilines is 1. The molecule has 0 bridgehead atoms. The highest BCUT2D eigenvalue weighted by Gasteiger charge is 2.63. The van der Waals surface area contributed by atoms with Crippen LogP contribution in [0.15, 0.2) is 24.3 Å². The molecule has 0 heterocycles. The van der Waals surface area contributed by atoms with E-state index in [2.05, 4.69) is 4.74 Å². The Morgan fingerprint density at radius 2 is 1.52 bits per heavy atom. The summed E-state index contributed by atoms with van der Waals surface area (Å²) in [5.41, 5.74) is -3.51. The lowest BCUT2D eigenvalue weighted by atomic mass is 10.1. The molecular formula is C17H21F3N2O5. The fraction of sp³-hybridized carbons (Fsp3) is 0.471. The van der Waals surface area contributed by atoms with Crippen LogP contribution in [-0.2, 0) is 19.1 Å². The predicted molar refractivity (Wildman–Crippen MR) is 89.9 cm³/mol. The van der Waals surface area contributed by atoms with Crippen molar-refractivity contribution >= 4 is 23.5 Å². The number of rotatable bonds is 8. The van der Waals surface area contributed by atoms with E-state index < -0.39 is 29.7 Å². The molecule has 0 aliphatic heterocycles. The van der Waals surface area contributed by atoms with Crippen molar-refractivity contribution in [2.75, 3.05) is 18.5 Å². The van der Waals surface area contributed by atoms with E-state index in [1.807, 2.05) is 5.32 Å². The third kappa shape index (κ3) is 5.35. The molecule has 1 aromatic carbocycles. The van der Waals surface area contributed by atoms with Crippen LogP contribution in [-0.4, -0.2) is 42.9 Å². The molecule has 1 amide bonds. The van der Waals surface area contributed by atoms with Gasteiger partial charge in [-0.1, -0.05) is 6.92 Å². The summed E-state index contributed by atoms with van der Waals surface area (Å²) in [6.07, 6.45) is -5.48. The molecule has 2 N–H and O–H groups in total. The average Bonchev–Trinajstić information content (AvgIpc) is 2.60. The van der Waals surface area contributed by atoms with Crippen LogP contribution in [0, 0.1) is 0 Å². The van der Waals surface area contributed by atoms with Gasteiger partial charge in [-0.25, -0.2) is 9.59 Å². The lowest BCUT2D eigenvalue weighted by Crippen LogP contribution is -2.69. The molecule has 0 radical (unpaired) electrons. The number of benzene rings is 1. The number of ether oxygens (including phenoxy) is 2. The summed E-state index contributed by atoms with van der Waals surface area (Å²) in [5, 5.41) is 3.67. The minimum Gasteiger partial charge on any atom is -0.463 e. The molecule has 0 saturated carbocycles. The highest BCUT2D eigenvalue weighted by atomic mass is 19.4. The van der Waals surface area contributed by atoms with Crippen LogP contribution in [0.3, 0.4) is 0 Å². The molecule has 0 aliphatic carbocycles. The zero-order chi connectivity index (χ0) is 20.7. The van der Waals surface area contributed by atoms with Gasteiger partial charge in [-0.15, -0.1) is 0 Å². The summed E-state index contributed by atoms with van der Waals surface area (Å²) in [6.45, 7) is 4.12. The molecule has 0 spiro atoms. The van der Waals surface area contributed by atoms with Gasteiger partial charge in [-0.3, -0.25) is 4.79 Å². The van der Waals surface area contributed by atoms with E-state index in [0.29, 0.717) is 0 Å². The largest absolute Gasteiger partial charge is 0.463 e. The summed E-state index contributed by atoms with van der Waals surface area (Å²) >= 11 is 0. The van der Waals surface area contributed by atoms with E-state index in [0.717, 1.165) is 12.1 Å². The van der Waals surface area contributed by atoms with Crippen LogP contribution in [0.5, 0.6) is 0 Å². The number of carbonyl (C=O) groups is 3. The number of hydrogen-bond acceptors (Lipinski definition) is 6. The zero-order valence-corrected chi connectivity index (χ0v) is 15.1. The van der Waals surface area contributed by atoms with Gasteiger partial charge >= 0.3 is 23.8 Å². The summed E-state index contributed by atoms with van der Waals surface area (Å²) in [4.78, 5) is 35.4. The number of alkyl halides is 3. The SMILES string of the molecule is CCOC(=O)c1ccc(NC(NC(=O)CC)(C(=O)OCC)C(F)(F)F)cc1. The first-order chi connectivity index (χ1) is 12.6. The van der Waals surface area contributed by atoms with Gasteiger partial charge in [-0.05, 0) is 38.1 Å². The molecular weight excluding hydrogens is 369 g/mol. The third-order valence-electron chi connectivity index (χ3n) is 3.38. The summed E-state index contributed by atoms with van der Waals surface area (Å²) < 4.78 is 50.7. The van der Waals surface area contributed by atoms with Gasteiger partial charge < -0.3 is 20.1 Å². The molecule has 27 heavy (non-hydrogen) atoms. The van der Waals surface area contributed by atoms with Crippen molar-refractivity contribution in [1.29, 1.82) is 0 Å². The van der Waals surface area contributed by atoms with Crippen molar-refractivity contribution in [1.82, 2.24) is 5.32 Å². The normalized spacial score (nSPS) is 13.3. The molecule has 1 aromatic rings. The first-order valence-electron chi connectivity index (χ1n) is 8.21. The first-order valence-corrected chi connectivity index (χ1v) is 8.21. The summed E-state index contributed by atoms with van der Waals surface area (Å²) in [6, 6.07) is 4.77. The molecule has 150 valence electrons. The van der Waals surface area contributed by atoms with Crippen molar-refractivity contribution in [3.05, 3.63) is 29.8 Å². The Morgan fingerprint density at radius 1 is 0.963 bits per heavy atom. The Kier molecular flexibility index (Phi) is 7.62. The van der Waals surface area contributed by atoms with Gasteiger partial charge in [0.15, 0.2) is 0 Å². The number of halogens is 3. The second-order valence-electron chi connectivity index (χ2n) is 5.29. The highest BCUT2D eigenvalue weighted by Crippen LogP contribution is 2.33. The van der Waals surface area contributed by atoms with Gasteiger partial charge in [0.1, 0.15) is 0 Å². The van der Waals surface area contributed by atoms with Crippen molar-refractivity contribution < 1.29 is 37.0 Å². The maximum atomic E-state index is 13.8. The first kappa shape index (κ1) is 22.3. The second kappa shape index (κ2) is 9.24. The molecule has 0 fully saturated rings. The molecule has 7 nitrogen and oxygen atoms in total. The van der Waals surface area contributed by atoms with Gasteiger partial charge in [0.2, 0.25) is 5.91 Å². The van der Waals surface area contributed by atoms with Crippen LogP contribution in [0.25, 0.3) is 0 Å². The van der Waals surface area contributed by atoms with Gasteiger partial charge in [-0.2, -0.15) is 13.2 Å². The highest BCUT2D eigenvalue weighted by molar-refractivity contribution is 5.92. The van der Waals surface area contributed by atoms with Crippen LogP contribution < -0.4 is 10.6 Å². The van der Waals surface area contributed by atoms with Gasteiger partial charge in [0.05, 0.1) is 18.8 Å². The van der Waals surface area contributed by atoms with Crippen LogP contribution >= 0.6 is 0 Å². The number of amides is 1. The third-order valence-corrected chi connectivity index (χ3v) is 3.38. The number of nitrogens with one attached hydrogen (secondary N) is 2. The van der Waals surface area contributed by atoms with Crippen LogP contribution in [0.2, 0.25) is 0 Å². The van der Waals surface area contributed by atoms with Gasteiger partial charge in [0.25, 0.3) is 0 Å². The van der Waals surface area contributed by atoms with E-state index in [1.54, 1.807) is 12.2 Å². The monoisotopic (exact) mass is 390 g/mol. The minimum atomic E-state index is -5.20. The molecule has 1 rings (SSSR count). The van der Waals surface area contributed by atoms with Crippen LogP contribution in [0.4, 0.5) is 18.9 Å². The molecule has 0 aromatic heterocycles. The van der Waals surface area contributed by atoms with Gasteiger partial charge in [0, 0.05) is 12.1 Å². The van der Waals surface area contributed by atoms with Crippen molar-refractivity contribution in [2.24, 2.45) is 0 Å². The van der Waals surface area contributed by atoms with Crippen LogP contribution in [0.1, 0.15) is 37.6 Å². The lowest BCUT2D eigenvalue weighted by molar-refractivity contribution is -0.207. The molecule has 0 saturated heterocycles. The number of carbonyl (C=O) groups excluding carboxylic acids is 3. The summed E-state index contributed by atoms with van der Waals surface area (Å²) in [5.74, 6) is -3.35. The van der Waals surface area contributed by atoms with E-state index in [9.17, 15) is 27.6 Å². The standard InChI is InChI=1S/C17H21F3N2O5/c1-4-13(23)22-16(17(18,19)20,15(25)27-6-3)21-12-9-7-11(8-10-12)14(24)26-5-2/h7-10,21H,4-6H2,1-3H3,(H,22,23). The smallest absolute Gasteiger partial charge is 0.441 e. The zero-order valence-electron chi connectivity index (χ0n) is 15.1. The quantitative estimate of drug-likeness (QED) is 0.524. The Labute approximate surface area is 154 Å². The minimum absolute atomic E-state index is 0.119. The van der Waals surface area contributed by atoms with Crippen molar-refractivity contribution in [2.45, 2.75) is 39.0 Å². The lowest BCUT2D eigenvalue weighted by Gasteiger charge is -2.35. The molecule has 1 unspecified atom stereocenters. The predicted octanol–water partition coefficient (Wildman–Crippen LogP) is 2.62. The van der Waals surface area contributed by atoms with E-state index >= 15 is 0 Å². The molecule has 10 heteroatoms. The second-order valence-corrected chi connectivity index (χ2v) is 5.29. The average molecular weight is 390 g/mol. The summed E-state index contributed by atoms with van der Waals surface area (Å²) in [7, 11) is 0. The Balaban J connectivity index is 3.28. The number of esters is 2. The van der Waals surface area contributed by atoms with E-state index in [1.165, 1.54) is 26.0 Å². The van der Waals surface area contributed by atoms with Crippen molar-refractivity contribution in [3.8, 4) is 0 Å². The van der Waals surface area contributed by atoms with E-state index in [-0.39, 0.29) is 30.9 Å².